The molecule has 16 heavy (non-hydrogen) atoms. The molecule has 0 aromatic heterocycles. The molecule has 3 heteroatoms. The lowest BCUT2D eigenvalue weighted by Crippen LogP contribution is -2.05. The molecule has 0 spiro atoms. The Bertz CT molecular complexity index is 433. The van der Waals surface area contributed by atoms with Crippen molar-refractivity contribution in [3.8, 4) is 17.9 Å². The summed E-state index contributed by atoms with van der Waals surface area (Å²) in [7, 11) is 3.15. The van der Waals surface area contributed by atoms with Crippen molar-refractivity contribution in [2.24, 2.45) is 0 Å². The molecule has 0 atom stereocenters. The van der Waals surface area contributed by atoms with Crippen LogP contribution in [0.2, 0.25) is 0 Å². The van der Waals surface area contributed by atoms with Crippen molar-refractivity contribution in [3.63, 3.8) is 0 Å². The molecule has 0 aliphatic carbocycles. The van der Waals surface area contributed by atoms with E-state index < -0.39 is 6.29 Å². The van der Waals surface area contributed by atoms with Crippen LogP contribution in [0.5, 0.6) is 0 Å². The van der Waals surface area contributed by atoms with Gasteiger partial charge in [-0.25, -0.2) is 0 Å². The molecular formula is C13H13NO2. The number of ether oxygens (including phenoxy) is 2. The minimum atomic E-state index is -0.424. The Morgan fingerprint density at radius 2 is 1.94 bits per heavy atom. The Balaban J connectivity index is 3.02. The number of hydrogen-bond acceptors (Lipinski definition) is 3. The smallest absolute Gasteiger partial charge is 0.184 e. The van der Waals surface area contributed by atoms with Gasteiger partial charge in [0.2, 0.25) is 0 Å². The van der Waals surface area contributed by atoms with E-state index in [4.69, 9.17) is 14.7 Å². The highest BCUT2D eigenvalue weighted by atomic mass is 16.7. The van der Waals surface area contributed by atoms with Crippen LogP contribution in [0.1, 0.15) is 23.8 Å². The maximum absolute atomic E-state index is 8.41. The van der Waals surface area contributed by atoms with E-state index in [1.165, 1.54) is 0 Å². The third-order valence-corrected chi connectivity index (χ3v) is 2.03. The van der Waals surface area contributed by atoms with E-state index in [2.05, 4.69) is 11.8 Å². The summed E-state index contributed by atoms with van der Waals surface area (Å²) in [5.41, 5.74) is 1.70. The zero-order valence-electron chi connectivity index (χ0n) is 9.36. The molecule has 0 bridgehead atoms. The summed E-state index contributed by atoms with van der Waals surface area (Å²) < 4.78 is 10.4. The minimum absolute atomic E-state index is 0.221. The molecule has 0 radical (unpaired) electrons. The maximum Gasteiger partial charge on any atom is 0.184 e. The molecule has 0 aliphatic heterocycles. The van der Waals surface area contributed by atoms with Gasteiger partial charge < -0.3 is 9.47 Å². The van der Waals surface area contributed by atoms with E-state index in [1.807, 2.05) is 30.3 Å². The van der Waals surface area contributed by atoms with Crippen LogP contribution >= 0.6 is 0 Å². The van der Waals surface area contributed by atoms with Crippen LogP contribution in [0, 0.1) is 23.2 Å². The van der Waals surface area contributed by atoms with E-state index in [9.17, 15) is 0 Å². The molecule has 0 fully saturated rings. The van der Waals surface area contributed by atoms with Gasteiger partial charge in [-0.3, -0.25) is 0 Å². The van der Waals surface area contributed by atoms with Gasteiger partial charge in [-0.2, -0.15) is 5.26 Å². The van der Waals surface area contributed by atoms with Crippen LogP contribution in [0.3, 0.4) is 0 Å². The lowest BCUT2D eigenvalue weighted by atomic mass is 10.1. The Morgan fingerprint density at radius 1 is 1.25 bits per heavy atom. The number of rotatable bonds is 3. The Labute approximate surface area is 95.6 Å². The van der Waals surface area contributed by atoms with Crippen LogP contribution in [-0.4, -0.2) is 14.2 Å². The lowest BCUT2D eigenvalue weighted by molar-refractivity contribution is -0.106. The maximum atomic E-state index is 8.41. The number of nitrogens with zero attached hydrogens (tertiary/aromatic N) is 1. The van der Waals surface area contributed by atoms with Crippen LogP contribution in [0.15, 0.2) is 24.3 Å². The molecule has 0 saturated carbocycles. The van der Waals surface area contributed by atoms with Gasteiger partial charge in [-0.05, 0) is 6.07 Å². The van der Waals surface area contributed by atoms with Crippen molar-refractivity contribution in [3.05, 3.63) is 35.4 Å². The summed E-state index contributed by atoms with van der Waals surface area (Å²) in [4.78, 5) is 0. The van der Waals surface area contributed by atoms with Gasteiger partial charge in [0.15, 0.2) is 6.29 Å². The minimum Gasteiger partial charge on any atom is -0.352 e. The summed E-state index contributed by atoms with van der Waals surface area (Å²) in [5, 5.41) is 8.41. The van der Waals surface area contributed by atoms with Crippen molar-refractivity contribution in [2.45, 2.75) is 12.7 Å². The van der Waals surface area contributed by atoms with Crippen molar-refractivity contribution < 1.29 is 9.47 Å². The molecule has 3 nitrogen and oxygen atoms in total. The van der Waals surface area contributed by atoms with Gasteiger partial charge >= 0.3 is 0 Å². The molecule has 0 amide bonds. The lowest BCUT2D eigenvalue weighted by Gasteiger charge is -2.14. The molecule has 0 saturated heterocycles. The molecule has 0 heterocycles. The van der Waals surface area contributed by atoms with Gasteiger partial charge in [-0.1, -0.05) is 30.0 Å². The van der Waals surface area contributed by atoms with E-state index >= 15 is 0 Å². The number of nitriles is 1. The first-order valence-corrected chi connectivity index (χ1v) is 4.83. The zero-order chi connectivity index (χ0) is 11.8. The molecular weight excluding hydrogens is 202 g/mol. The van der Waals surface area contributed by atoms with Crippen LogP contribution in [0.25, 0.3) is 0 Å². The first-order chi connectivity index (χ1) is 7.83. The largest absolute Gasteiger partial charge is 0.352 e. The second-order valence-corrected chi connectivity index (χ2v) is 3.03. The highest BCUT2D eigenvalue weighted by Crippen LogP contribution is 2.20. The molecule has 82 valence electrons. The van der Waals surface area contributed by atoms with Gasteiger partial charge in [0, 0.05) is 25.3 Å². The molecule has 1 aromatic carbocycles. The second kappa shape index (κ2) is 6.63. The first kappa shape index (κ1) is 12.3. The fourth-order valence-electron chi connectivity index (χ4n) is 1.35. The third-order valence-electron chi connectivity index (χ3n) is 2.03. The van der Waals surface area contributed by atoms with Crippen molar-refractivity contribution in [1.82, 2.24) is 0 Å². The topological polar surface area (TPSA) is 42.2 Å². The highest BCUT2D eigenvalue weighted by Gasteiger charge is 2.11. The zero-order valence-corrected chi connectivity index (χ0v) is 9.36. The predicted molar refractivity (Wildman–Crippen MR) is 60.3 cm³/mol. The van der Waals surface area contributed by atoms with Gasteiger partial charge in [0.05, 0.1) is 12.5 Å². The monoisotopic (exact) mass is 215 g/mol. The van der Waals surface area contributed by atoms with E-state index in [0.29, 0.717) is 0 Å². The average molecular weight is 215 g/mol. The van der Waals surface area contributed by atoms with Gasteiger partial charge in [0.25, 0.3) is 0 Å². The van der Waals surface area contributed by atoms with Crippen molar-refractivity contribution >= 4 is 0 Å². The molecule has 1 rings (SSSR count). The van der Waals surface area contributed by atoms with Crippen molar-refractivity contribution in [1.29, 1.82) is 5.26 Å². The van der Waals surface area contributed by atoms with Gasteiger partial charge in [0.1, 0.15) is 0 Å². The first-order valence-electron chi connectivity index (χ1n) is 4.83. The van der Waals surface area contributed by atoms with Crippen LogP contribution < -0.4 is 0 Å². The van der Waals surface area contributed by atoms with Crippen molar-refractivity contribution in [2.75, 3.05) is 14.2 Å². The number of hydrogen-bond donors (Lipinski definition) is 0. The summed E-state index contributed by atoms with van der Waals surface area (Å²) in [6.45, 7) is 0. The summed E-state index contributed by atoms with van der Waals surface area (Å²) in [6, 6.07) is 9.54. The highest BCUT2D eigenvalue weighted by molar-refractivity contribution is 5.42. The van der Waals surface area contributed by atoms with Crippen LogP contribution in [-0.2, 0) is 9.47 Å². The Morgan fingerprint density at radius 3 is 2.56 bits per heavy atom. The summed E-state index contributed by atoms with van der Waals surface area (Å²) >= 11 is 0. The Kier molecular flexibility index (Phi) is 5.08. The predicted octanol–water partition coefficient (Wildman–Crippen LogP) is 2.24. The molecule has 0 aliphatic rings. The summed E-state index contributed by atoms with van der Waals surface area (Å²) in [5.74, 6) is 5.70. The fraction of sp³-hybridized carbons (Fsp3) is 0.308. The Hall–Kier alpha value is -1.81. The summed E-state index contributed by atoms with van der Waals surface area (Å²) in [6.07, 6.45) is -0.202. The second-order valence-electron chi connectivity index (χ2n) is 3.03. The normalized spacial score (nSPS) is 9.38. The molecule has 1 aromatic rings. The SMILES string of the molecule is COC(OC)c1ccccc1C#CCC#N. The molecule has 0 unspecified atom stereocenters. The van der Waals surface area contributed by atoms with E-state index in [0.717, 1.165) is 11.1 Å². The quantitative estimate of drug-likeness (QED) is 0.573. The third kappa shape index (κ3) is 3.10. The molecule has 0 N–H and O–H groups in total. The number of benzene rings is 1. The fourth-order valence-corrected chi connectivity index (χ4v) is 1.35. The van der Waals surface area contributed by atoms with Crippen LogP contribution in [0.4, 0.5) is 0 Å². The van der Waals surface area contributed by atoms with E-state index in [-0.39, 0.29) is 6.42 Å². The van der Waals surface area contributed by atoms with Gasteiger partial charge in [-0.15, -0.1) is 0 Å². The standard InChI is InChI=1S/C13H13NO2/c1-15-13(16-2)12-9-4-3-7-11(12)8-5-6-10-14/h3-4,7,9,13H,6H2,1-2H3. The average Bonchev–Trinajstić information content (AvgIpc) is 2.33. The number of methoxy groups -OCH3 is 2. The van der Waals surface area contributed by atoms with E-state index in [1.54, 1.807) is 14.2 Å².